The van der Waals surface area contributed by atoms with E-state index < -0.39 is 33.2 Å². The van der Waals surface area contributed by atoms with Gasteiger partial charge in [0.1, 0.15) is 6.04 Å². The summed E-state index contributed by atoms with van der Waals surface area (Å²) >= 11 is 0. The van der Waals surface area contributed by atoms with Crippen LogP contribution in [0.2, 0.25) is 0 Å². The van der Waals surface area contributed by atoms with Crippen molar-refractivity contribution in [3.05, 3.63) is 44.0 Å². The van der Waals surface area contributed by atoms with E-state index in [9.17, 15) is 29.8 Å². The highest BCUT2D eigenvalue weighted by atomic mass is 16.6. The van der Waals surface area contributed by atoms with Crippen molar-refractivity contribution >= 4 is 23.2 Å². The predicted molar refractivity (Wildman–Crippen MR) is 93.8 cm³/mol. The Kier molecular flexibility index (Phi) is 7.17. The summed E-state index contributed by atoms with van der Waals surface area (Å²) in [5.41, 5.74) is -1.38. The van der Waals surface area contributed by atoms with Gasteiger partial charge in [-0.15, -0.1) is 0 Å². The average molecular weight is 366 g/mol. The van der Waals surface area contributed by atoms with Crippen LogP contribution in [-0.4, -0.2) is 45.7 Å². The fourth-order valence-electron chi connectivity index (χ4n) is 2.41. The highest BCUT2D eigenvalue weighted by Crippen LogP contribution is 2.23. The topological polar surface area (TPSA) is 136 Å². The number of non-ortho nitro benzene ring substituents is 2. The molecule has 0 bridgehead atoms. The molecular weight excluding hydrogens is 344 g/mol. The first kappa shape index (κ1) is 21.0. The SMILES string of the molecule is CCN(CC)C(=O)[C@H](NC(=O)c1cc([N+](=O)[O-])cc([N+](=O)[O-])c1)C(C)C. The summed E-state index contributed by atoms with van der Waals surface area (Å²) in [6.07, 6.45) is 0. The molecule has 0 aromatic heterocycles. The van der Waals surface area contributed by atoms with Crippen LogP contribution in [0.25, 0.3) is 0 Å². The van der Waals surface area contributed by atoms with Gasteiger partial charge in [0.25, 0.3) is 17.3 Å². The summed E-state index contributed by atoms with van der Waals surface area (Å²) in [6.45, 7) is 8.06. The lowest BCUT2D eigenvalue weighted by molar-refractivity contribution is -0.394. The van der Waals surface area contributed by atoms with Gasteiger partial charge in [0.15, 0.2) is 0 Å². The van der Waals surface area contributed by atoms with Gasteiger partial charge in [0.05, 0.1) is 21.5 Å². The first-order chi connectivity index (χ1) is 12.1. The zero-order valence-electron chi connectivity index (χ0n) is 15.1. The molecule has 142 valence electrons. The third-order valence-electron chi connectivity index (χ3n) is 3.88. The van der Waals surface area contributed by atoms with Crippen molar-refractivity contribution in [1.29, 1.82) is 0 Å². The van der Waals surface area contributed by atoms with Gasteiger partial charge in [0, 0.05) is 25.2 Å². The Bertz CT molecular complexity index is 682. The molecule has 26 heavy (non-hydrogen) atoms. The second-order valence-corrected chi connectivity index (χ2v) is 5.96. The van der Waals surface area contributed by atoms with Gasteiger partial charge in [0.2, 0.25) is 5.91 Å². The summed E-state index contributed by atoms with van der Waals surface area (Å²) in [6, 6.07) is 1.82. The molecule has 1 atom stereocenters. The summed E-state index contributed by atoms with van der Waals surface area (Å²) in [5, 5.41) is 24.4. The monoisotopic (exact) mass is 366 g/mol. The van der Waals surface area contributed by atoms with E-state index in [0.29, 0.717) is 13.1 Å². The Labute approximate surface area is 150 Å². The number of carbonyl (C=O) groups is 2. The molecule has 10 heteroatoms. The van der Waals surface area contributed by atoms with Crippen molar-refractivity contribution in [1.82, 2.24) is 10.2 Å². The Morgan fingerprint density at radius 3 is 1.85 bits per heavy atom. The molecule has 1 aromatic rings. The van der Waals surface area contributed by atoms with Crippen LogP contribution in [0.15, 0.2) is 18.2 Å². The van der Waals surface area contributed by atoms with Crippen molar-refractivity contribution in [2.45, 2.75) is 33.7 Å². The molecule has 2 amide bonds. The van der Waals surface area contributed by atoms with Crippen LogP contribution in [0.4, 0.5) is 11.4 Å². The predicted octanol–water partition coefficient (Wildman–Crippen LogP) is 2.13. The zero-order chi connectivity index (χ0) is 20.0. The number of hydrogen-bond acceptors (Lipinski definition) is 6. The van der Waals surface area contributed by atoms with Crippen LogP contribution >= 0.6 is 0 Å². The minimum Gasteiger partial charge on any atom is -0.341 e. The minimum atomic E-state index is -0.847. The number of nitrogens with zero attached hydrogens (tertiary/aromatic N) is 3. The molecule has 0 unspecified atom stereocenters. The Morgan fingerprint density at radius 2 is 1.50 bits per heavy atom. The highest BCUT2D eigenvalue weighted by Gasteiger charge is 2.29. The van der Waals surface area contributed by atoms with Gasteiger partial charge in [-0.05, 0) is 19.8 Å². The van der Waals surface area contributed by atoms with Crippen LogP contribution in [0, 0.1) is 26.1 Å². The lowest BCUT2D eigenvalue weighted by Gasteiger charge is -2.28. The molecule has 10 nitrogen and oxygen atoms in total. The molecule has 0 spiro atoms. The van der Waals surface area contributed by atoms with Crippen molar-refractivity contribution < 1.29 is 19.4 Å². The summed E-state index contributed by atoms with van der Waals surface area (Å²) in [4.78, 5) is 46.9. The lowest BCUT2D eigenvalue weighted by Crippen LogP contribution is -2.51. The molecule has 0 saturated heterocycles. The van der Waals surface area contributed by atoms with Crippen LogP contribution in [-0.2, 0) is 4.79 Å². The van der Waals surface area contributed by atoms with Crippen LogP contribution in [0.1, 0.15) is 38.1 Å². The third kappa shape index (κ3) is 4.98. The summed E-state index contributed by atoms with van der Waals surface area (Å²) in [7, 11) is 0. The fraction of sp³-hybridized carbons (Fsp3) is 0.500. The average Bonchev–Trinajstić information content (AvgIpc) is 2.59. The number of rotatable bonds is 8. The summed E-state index contributed by atoms with van der Waals surface area (Å²) in [5.74, 6) is -1.30. The van der Waals surface area contributed by atoms with E-state index >= 15 is 0 Å². The largest absolute Gasteiger partial charge is 0.341 e. The van der Waals surface area contributed by atoms with Crippen molar-refractivity contribution in [3.63, 3.8) is 0 Å². The first-order valence-electron chi connectivity index (χ1n) is 8.15. The number of nitrogens with one attached hydrogen (secondary N) is 1. The fourth-order valence-corrected chi connectivity index (χ4v) is 2.41. The molecule has 0 aliphatic heterocycles. The standard InChI is InChI=1S/C16H22N4O6/c1-5-18(6-2)16(22)14(10(3)4)17-15(21)11-7-12(19(23)24)9-13(8-11)20(25)26/h7-10,14H,5-6H2,1-4H3,(H,17,21)/t14-/m1/s1. The van der Waals surface area contributed by atoms with Crippen molar-refractivity contribution in [2.75, 3.05) is 13.1 Å². The van der Waals surface area contributed by atoms with Gasteiger partial charge < -0.3 is 10.2 Å². The van der Waals surface area contributed by atoms with Crippen LogP contribution in [0.5, 0.6) is 0 Å². The number of likely N-dealkylation sites (N-methyl/N-ethyl adjacent to an activating group) is 1. The molecule has 1 N–H and O–H groups in total. The Morgan fingerprint density at radius 1 is 1.04 bits per heavy atom. The van der Waals surface area contributed by atoms with Gasteiger partial charge >= 0.3 is 0 Å². The van der Waals surface area contributed by atoms with Crippen molar-refractivity contribution in [2.24, 2.45) is 5.92 Å². The number of amides is 2. The smallest absolute Gasteiger partial charge is 0.277 e. The number of nitro groups is 2. The number of benzene rings is 1. The molecule has 0 saturated carbocycles. The number of carbonyl (C=O) groups excluding carboxylic acids is 2. The third-order valence-corrected chi connectivity index (χ3v) is 3.88. The second kappa shape index (κ2) is 8.88. The molecule has 1 aromatic carbocycles. The lowest BCUT2D eigenvalue weighted by atomic mass is 10.0. The van der Waals surface area contributed by atoms with Crippen LogP contribution < -0.4 is 5.32 Å². The van der Waals surface area contributed by atoms with E-state index in [1.165, 1.54) is 0 Å². The molecule has 0 radical (unpaired) electrons. The quantitative estimate of drug-likeness (QED) is 0.553. The van der Waals surface area contributed by atoms with E-state index in [0.717, 1.165) is 18.2 Å². The molecule has 0 fully saturated rings. The van der Waals surface area contributed by atoms with Gasteiger partial charge in [-0.2, -0.15) is 0 Å². The van der Waals surface area contributed by atoms with Crippen molar-refractivity contribution in [3.8, 4) is 0 Å². The maximum atomic E-state index is 12.6. The van der Waals surface area contributed by atoms with E-state index in [1.54, 1.807) is 18.7 Å². The van der Waals surface area contributed by atoms with Gasteiger partial charge in [-0.25, -0.2) is 0 Å². The highest BCUT2D eigenvalue weighted by molar-refractivity contribution is 5.98. The Balaban J connectivity index is 3.19. The van der Waals surface area contributed by atoms with E-state index in [1.807, 2.05) is 13.8 Å². The second-order valence-electron chi connectivity index (χ2n) is 5.96. The normalized spacial score (nSPS) is 11.7. The van der Waals surface area contributed by atoms with E-state index in [-0.39, 0.29) is 17.4 Å². The van der Waals surface area contributed by atoms with E-state index in [4.69, 9.17) is 0 Å². The number of hydrogen-bond donors (Lipinski definition) is 1. The molecular formula is C16H22N4O6. The molecule has 0 aliphatic carbocycles. The zero-order valence-corrected chi connectivity index (χ0v) is 15.1. The summed E-state index contributed by atoms with van der Waals surface area (Å²) < 4.78 is 0. The molecule has 0 aliphatic rings. The number of nitro benzene ring substituents is 2. The maximum Gasteiger partial charge on any atom is 0.277 e. The van der Waals surface area contributed by atoms with Crippen LogP contribution in [0.3, 0.4) is 0 Å². The van der Waals surface area contributed by atoms with Gasteiger partial charge in [-0.1, -0.05) is 13.8 Å². The van der Waals surface area contributed by atoms with E-state index in [2.05, 4.69) is 5.32 Å². The molecule has 0 heterocycles. The minimum absolute atomic E-state index is 0.235. The maximum absolute atomic E-state index is 12.6. The van der Waals surface area contributed by atoms with Gasteiger partial charge in [-0.3, -0.25) is 29.8 Å². The molecule has 1 rings (SSSR count). The first-order valence-corrected chi connectivity index (χ1v) is 8.15. The Hall–Kier alpha value is -3.04.